The zero-order valence-electron chi connectivity index (χ0n) is 16.3. The van der Waals surface area contributed by atoms with E-state index in [1.165, 1.54) is 57.4 Å². The van der Waals surface area contributed by atoms with Gasteiger partial charge in [0.15, 0.2) is 0 Å². The van der Waals surface area contributed by atoms with Crippen LogP contribution in [-0.4, -0.2) is 52.5 Å². The molecule has 2 N–H and O–H groups in total. The molecule has 1 fully saturated rings. The molecule has 0 spiro atoms. The van der Waals surface area contributed by atoms with Crippen molar-refractivity contribution in [3.63, 3.8) is 0 Å². The molecule has 0 bridgehead atoms. The first-order chi connectivity index (χ1) is 12.9. The molecule has 0 unspecified atom stereocenters. The summed E-state index contributed by atoms with van der Waals surface area (Å²) < 4.78 is 25.6. The third-order valence-electron chi connectivity index (χ3n) is 5.07. The summed E-state index contributed by atoms with van der Waals surface area (Å²) in [5.74, 6) is -0.137. The molecule has 0 atom stereocenters. The molecule has 0 heterocycles. The summed E-state index contributed by atoms with van der Waals surface area (Å²) in [7, 11) is 0.118. The minimum absolute atomic E-state index is 0.137. The van der Waals surface area contributed by atoms with Crippen LogP contribution in [0.25, 0.3) is 6.08 Å². The van der Waals surface area contributed by atoms with Crippen molar-refractivity contribution in [2.24, 2.45) is 0 Å². The molecular weight excluding hydrogens is 362 g/mol. The summed E-state index contributed by atoms with van der Waals surface area (Å²) in [5.41, 5.74) is 0.775. The van der Waals surface area contributed by atoms with Gasteiger partial charge in [-0.3, -0.25) is 4.79 Å². The van der Waals surface area contributed by atoms with Crippen molar-refractivity contribution in [1.82, 2.24) is 14.9 Å². The van der Waals surface area contributed by atoms with Gasteiger partial charge in [-0.1, -0.05) is 31.4 Å². The van der Waals surface area contributed by atoms with Crippen LogP contribution in [0.4, 0.5) is 0 Å². The van der Waals surface area contributed by atoms with Crippen molar-refractivity contribution < 1.29 is 13.2 Å². The number of hydrogen-bond donors (Lipinski definition) is 2. The molecule has 1 amide bonds. The molecule has 27 heavy (non-hydrogen) atoms. The van der Waals surface area contributed by atoms with Crippen molar-refractivity contribution in [3.05, 3.63) is 35.9 Å². The average molecular weight is 394 g/mol. The minimum Gasteiger partial charge on any atom is -0.353 e. The van der Waals surface area contributed by atoms with E-state index in [1.54, 1.807) is 18.2 Å². The van der Waals surface area contributed by atoms with Crippen LogP contribution >= 0.6 is 0 Å². The molecule has 0 radical (unpaired) electrons. The van der Waals surface area contributed by atoms with Gasteiger partial charge in [0.25, 0.3) is 0 Å². The molecule has 1 aromatic carbocycles. The van der Waals surface area contributed by atoms with E-state index < -0.39 is 10.0 Å². The van der Waals surface area contributed by atoms with Crippen LogP contribution in [0.1, 0.15) is 44.1 Å². The number of rotatable bonds is 9. The molecule has 1 aliphatic rings. The Balaban J connectivity index is 1.70. The largest absolute Gasteiger partial charge is 0.353 e. The number of nitrogens with zero attached hydrogens (tertiary/aromatic N) is 1. The molecule has 6 nitrogen and oxygen atoms in total. The van der Waals surface area contributed by atoms with Gasteiger partial charge in [0, 0.05) is 18.7 Å². The minimum atomic E-state index is -3.43. The molecule has 1 aromatic rings. The topological polar surface area (TPSA) is 78.5 Å². The second kappa shape index (κ2) is 10.6. The van der Waals surface area contributed by atoms with Gasteiger partial charge in [-0.05, 0) is 63.7 Å². The van der Waals surface area contributed by atoms with E-state index in [-0.39, 0.29) is 10.8 Å². The molecule has 2 rings (SSSR count). The Morgan fingerprint density at radius 3 is 2.48 bits per heavy atom. The number of amides is 1. The van der Waals surface area contributed by atoms with Gasteiger partial charge >= 0.3 is 0 Å². The van der Waals surface area contributed by atoms with Crippen LogP contribution in [0.2, 0.25) is 0 Å². The van der Waals surface area contributed by atoms with Gasteiger partial charge < -0.3 is 10.2 Å². The van der Waals surface area contributed by atoms with E-state index in [9.17, 15) is 13.2 Å². The highest BCUT2D eigenvalue weighted by atomic mass is 32.2. The predicted molar refractivity (Wildman–Crippen MR) is 109 cm³/mol. The quantitative estimate of drug-likeness (QED) is 0.499. The summed E-state index contributed by atoms with van der Waals surface area (Å²) in [5, 5.41) is 2.90. The Morgan fingerprint density at radius 1 is 1.19 bits per heavy atom. The Bertz CT molecular complexity index is 723. The van der Waals surface area contributed by atoms with Crippen molar-refractivity contribution in [1.29, 1.82) is 0 Å². The molecule has 150 valence electrons. The summed E-state index contributed by atoms with van der Waals surface area (Å²) in [6, 6.07) is 7.08. The number of nitrogens with one attached hydrogen (secondary N) is 2. The first-order valence-electron chi connectivity index (χ1n) is 9.62. The smallest absolute Gasteiger partial charge is 0.243 e. The first kappa shape index (κ1) is 21.6. The third kappa shape index (κ3) is 7.08. The maximum Gasteiger partial charge on any atom is 0.243 e. The standard InChI is InChI=1S/C20H31N3O3S/c1-21-27(25,26)19-12-9-17(10-13-19)11-14-20(24)22-15-6-16-23(2)18-7-4-3-5-8-18/h9-14,18,21H,3-8,15-16H2,1-2H3,(H,22,24)/b14-11+. The summed E-state index contributed by atoms with van der Waals surface area (Å²) in [6.45, 7) is 1.65. The molecular formula is C20H31N3O3S. The van der Waals surface area contributed by atoms with E-state index >= 15 is 0 Å². The number of hydrogen-bond acceptors (Lipinski definition) is 4. The van der Waals surface area contributed by atoms with E-state index in [0.717, 1.165) is 18.5 Å². The van der Waals surface area contributed by atoms with Crippen molar-refractivity contribution in [2.45, 2.75) is 49.5 Å². The maximum atomic E-state index is 11.9. The van der Waals surface area contributed by atoms with Crippen molar-refractivity contribution in [2.75, 3.05) is 27.2 Å². The zero-order chi connectivity index (χ0) is 19.7. The SMILES string of the molecule is CNS(=O)(=O)c1ccc(/C=C/C(=O)NCCCN(C)C2CCCCC2)cc1. The van der Waals surface area contributed by atoms with E-state index in [4.69, 9.17) is 0 Å². The Labute approximate surface area is 163 Å². The van der Waals surface area contributed by atoms with Crippen molar-refractivity contribution in [3.8, 4) is 0 Å². The predicted octanol–water partition coefficient (Wildman–Crippen LogP) is 2.38. The highest BCUT2D eigenvalue weighted by Crippen LogP contribution is 2.21. The lowest BCUT2D eigenvalue weighted by Crippen LogP contribution is -2.35. The molecule has 0 aliphatic heterocycles. The number of carbonyl (C=O) groups excluding carboxylic acids is 1. The summed E-state index contributed by atoms with van der Waals surface area (Å²) in [6.07, 6.45) is 10.7. The van der Waals surface area contributed by atoms with Gasteiger partial charge in [-0.25, -0.2) is 13.1 Å². The average Bonchev–Trinajstić information content (AvgIpc) is 2.70. The second-order valence-corrected chi connectivity index (χ2v) is 8.91. The van der Waals surface area contributed by atoms with Gasteiger partial charge in [0.1, 0.15) is 0 Å². The van der Waals surface area contributed by atoms with Crippen LogP contribution in [-0.2, 0) is 14.8 Å². The fourth-order valence-electron chi connectivity index (χ4n) is 3.35. The van der Waals surface area contributed by atoms with Crippen LogP contribution in [0, 0.1) is 0 Å². The fraction of sp³-hybridized carbons (Fsp3) is 0.550. The second-order valence-electron chi connectivity index (χ2n) is 7.03. The Kier molecular flexibility index (Phi) is 8.47. The molecule has 7 heteroatoms. The van der Waals surface area contributed by atoms with Crippen molar-refractivity contribution >= 4 is 22.0 Å². The Hall–Kier alpha value is -1.70. The lowest BCUT2D eigenvalue weighted by Gasteiger charge is -2.31. The maximum absolute atomic E-state index is 11.9. The van der Waals surface area contributed by atoms with Gasteiger partial charge in [-0.15, -0.1) is 0 Å². The van der Waals surface area contributed by atoms with E-state index in [2.05, 4.69) is 22.0 Å². The first-order valence-corrected chi connectivity index (χ1v) is 11.1. The summed E-state index contributed by atoms with van der Waals surface area (Å²) in [4.78, 5) is 14.5. The number of benzene rings is 1. The summed E-state index contributed by atoms with van der Waals surface area (Å²) >= 11 is 0. The van der Waals surface area contributed by atoms with Gasteiger partial charge in [-0.2, -0.15) is 0 Å². The molecule has 1 aliphatic carbocycles. The Morgan fingerprint density at radius 2 is 1.85 bits per heavy atom. The fourth-order valence-corrected chi connectivity index (χ4v) is 4.08. The van der Waals surface area contributed by atoms with Crippen LogP contribution in [0.15, 0.2) is 35.2 Å². The van der Waals surface area contributed by atoms with Crippen LogP contribution in [0.5, 0.6) is 0 Å². The third-order valence-corrected chi connectivity index (χ3v) is 6.50. The normalized spacial score (nSPS) is 16.1. The van der Waals surface area contributed by atoms with E-state index in [1.807, 2.05) is 0 Å². The zero-order valence-corrected chi connectivity index (χ0v) is 17.1. The molecule has 0 aromatic heterocycles. The van der Waals surface area contributed by atoms with Crippen LogP contribution < -0.4 is 10.0 Å². The monoisotopic (exact) mass is 393 g/mol. The lowest BCUT2D eigenvalue weighted by molar-refractivity contribution is -0.116. The highest BCUT2D eigenvalue weighted by Gasteiger charge is 2.17. The van der Waals surface area contributed by atoms with Crippen LogP contribution in [0.3, 0.4) is 0 Å². The van der Waals surface area contributed by atoms with Gasteiger partial charge in [0.05, 0.1) is 4.90 Å². The van der Waals surface area contributed by atoms with Gasteiger partial charge in [0.2, 0.25) is 15.9 Å². The lowest BCUT2D eigenvalue weighted by atomic mass is 9.94. The number of sulfonamides is 1. The number of carbonyl (C=O) groups is 1. The molecule has 0 saturated heterocycles. The van der Waals surface area contributed by atoms with E-state index in [0.29, 0.717) is 12.6 Å². The highest BCUT2D eigenvalue weighted by molar-refractivity contribution is 7.89. The molecule has 1 saturated carbocycles.